The zero-order chi connectivity index (χ0) is 25.8. The molecule has 0 amide bonds. The molecule has 0 radical (unpaired) electrons. The normalized spacial score (nSPS) is 15.3. The Hall–Kier alpha value is -2.54. The SMILES string of the molecule is BrC1CCCC1.CN(C)c1ccc(C=O)c(O)c1.CN(C)c1ccc(C=O)c(OC2CCCC2)c1. The molecule has 0 aliphatic heterocycles. The lowest BCUT2D eigenvalue weighted by Crippen LogP contribution is -2.14. The van der Waals surface area contributed by atoms with E-state index in [9.17, 15) is 14.7 Å². The third-order valence-corrected chi connectivity index (χ3v) is 7.09. The van der Waals surface area contributed by atoms with Gasteiger partial charge < -0.3 is 19.6 Å². The van der Waals surface area contributed by atoms with Crippen LogP contribution in [0.25, 0.3) is 0 Å². The second-order valence-corrected chi connectivity index (χ2v) is 10.7. The number of carbonyl (C=O) groups is 2. The van der Waals surface area contributed by atoms with Gasteiger partial charge in [0.25, 0.3) is 0 Å². The lowest BCUT2D eigenvalue weighted by molar-refractivity contribution is 0.111. The van der Waals surface area contributed by atoms with E-state index in [0.717, 1.165) is 41.1 Å². The van der Waals surface area contributed by atoms with E-state index in [4.69, 9.17) is 4.74 Å². The van der Waals surface area contributed by atoms with Crippen LogP contribution in [0.4, 0.5) is 11.4 Å². The first-order valence-corrected chi connectivity index (χ1v) is 13.2. The number of benzene rings is 2. The number of aromatic hydroxyl groups is 1. The minimum absolute atomic E-state index is 0.0243. The number of phenols is 1. The van der Waals surface area contributed by atoms with Gasteiger partial charge in [0.15, 0.2) is 12.6 Å². The molecule has 2 fully saturated rings. The van der Waals surface area contributed by atoms with Crippen molar-refractivity contribution in [1.82, 2.24) is 0 Å². The predicted octanol–water partition coefficient (Wildman–Crippen LogP) is 6.48. The van der Waals surface area contributed by atoms with E-state index < -0.39 is 0 Å². The Balaban J connectivity index is 0.000000207. The highest BCUT2D eigenvalue weighted by Crippen LogP contribution is 2.29. The van der Waals surface area contributed by atoms with Crippen molar-refractivity contribution in [3.63, 3.8) is 0 Å². The molecule has 192 valence electrons. The summed E-state index contributed by atoms with van der Waals surface area (Å²) in [4.78, 5) is 26.0. The van der Waals surface area contributed by atoms with E-state index in [1.165, 1.54) is 38.5 Å². The number of carbonyl (C=O) groups excluding carboxylic acids is 2. The monoisotopic (exact) mass is 546 g/mol. The molecule has 7 heteroatoms. The summed E-state index contributed by atoms with van der Waals surface area (Å²) in [6, 6.07) is 10.6. The summed E-state index contributed by atoms with van der Waals surface area (Å²) in [7, 11) is 7.70. The maximum atomic E-state index is 11.0. The quantitative estimate of drug-likeness (QED) is 0.330. The minimum atomic E-state index is 0.0243. The number of phenolic OH excluding ortho intramolecular Hbond substituents is 1. The van der Waals surface area contributed by atoms with Crippen LogP contribution in [0, 0.1) is 0 Å². The van der Waals surface area contributed by atoms with Crippen LogP contribution in [0.2, 0.25) is 0 Å². The van der Waals surface area contributed by atoms with Gasteiger partial charge in [-0.2, -0.15) is 0 Å². The summed E-state index contributed by atoms with van der Waals surface area (Å²) >= 11 is 3.54. The number of halogens is 1. The molecule has 0 aromatic heterocycles. The maximum absolute atomic E-state index is 11.0. The van der Waals surface area contributed by atoms with E-state index in [0.29, 0.717) is 17.4 Å². The van der Waals surface area contributed by atoms with E-state index in [1.807, 2.05) is 56.2 Å². The van der Waals surface area contributed by atoms with Crippen LogP contribution in [0.15, 0.2) is 36.4 Å². The first-order chi connectivity index (χ1) is 16.7. The van der Waals surface area contributed by atoms with Gasteiger partial charge in [0.2, 0.25) is 0 Å². The van der Waals surface area contributed by atoms with Gasteiger partial charge in [-0.25, -0.2) is 0 Å². The van der Waals surface area contributed by atoms with E-state index in [1.54, 1.807) is 18.2 Å². The fourth-order valence-electron chi connectivity index (χ4n) is 3.97. The molecule has 0 saturated heterocycles. The number of nitrogens with zero attached hydrogens (tertiary/aromatic N) is 2. The standard InChI is InChI=1S/C14H19NO2.C9H11NO2.C5H9Br/c1-15(2)12-8-7-11(10-16)14(9-12)17-13-5-3-4-6-13;1-10(2)8-4-3-7(6-11)9(12)5-8;6-5-3-1-2-4-5/h7-10,13H,3-6H2,1-2H3;3-6,12H,1-2H3;5H,1-4H2. The second-order valence-electron chi connectivity index (χ2n) is 9.40. The number of hydrogen-bond donors (Lipinski definition) is 1. The molecule has 0 unspecified atom stereocenters. The third-order valence-electron chi connectivity index (χ3n) is 6.18. The molecule has 2 saturated carbocycles. The number of ether oxygens (including phenoxy) is 1. The molecule has 4 rings (SSSR count). The van der Waals surface area contributed by atoms with Gasteiger partial charge in [0, 0.05) is 56.5 Å². The van der Waals surface area contributed by atoms with E-state index >= 15 is 0 Å². The Morgan fingerprint density at radius 3 is 1.71 bits per heavy atom. The van der Waals surface area contributed by atoms with E-state index in [-0.39, 0.29) is 11.9 Å². The zero-order valence-electron chi connectivity index (χ0n) is 21.4. The molecule has 6 nitrogen and oxygen atoms in total. The highest BCUT2D eigenvalue weighted by atomic mass is 79.9. The van der Waals surface area contributed by atoms with Gasteiger partial charge in [0.05, 0.1) is 17.2 Å². The molecular formula is C28H39BrN2O4. The van der Waals surface area contributed by atoms with Crippen molar-refractivity contribution in [2.24, 2.45) is 0 Å². The summed E-state index contributed by atoms with van der Waals surface area (Å²) in [6.07, 6.45) is 12.1. The highest BCUT2D eigenvalue weighted by molar-refractivity contribution is 9.09. The second kappa shape index (κ2) is 14.8. The first-order valence-electron chi connectivity index (χ1n) is 12.3. The summed E-state index contributed by atoms with van der Waals surface area (Å²) in [5.41, 5.74) is 2.89. The van der Waals surface area contributed by atoms with Crippen LogP contribution in [0.3, 0.4) is 0 Å². The molecule has 2 aliphatic carbocycles. The number of rotatable bonds is 6. The maximum Gasteiger partial charge on any atom is 0.153 e. The van der Waals surface area contributed by atoms with Crippen molar-refractivity contribution in [1.29, 1.82) is 0 Å². The molecule has 0 spiro atoms. The van der Waals surface area contributed by atoms with Crippen molar-refractivity contribution < 1.29 is 19.4 Å². The number of aldehydes is 2. The number of anilines is 2. The third kappa shape index (κ3) is 9.55. The number of alkyl halides is 1. The van der Waals surface area contributed by atoms with Crippen molar-refractivity contribution in [2.75, 3.05) is 38.0 Å². The lowest BCUT2D eigenvalue weighted by atomic mass is 10.2. The van der Waals surface area contributed by atoms with Crippen LogP contribution in [0.5, 0.6) is 11.5 Å². The van der Waals surface area contributed by atoms with Gasteiger partial charge in [-0.15, -0.1) is 0 Å². The molecule has 35 heavy (non-hydrogen) atoms. The fraction of sp³-hybridized carbons (Fsp3) is 0.500. The number of hydrogen-bond acceptors (Lipinski definition) is 6. The van der Waals surface area contributed by atoms with Gasteiger partial charge >= 0.3 is 0 Å². The largest absolute Gasteiger partial charge is 0.507 e. The van der Waals surface area contributed by atoms with Crippen LogP contribution in [-0.4, -0.2) is 56.8 Å². The zero-order valence-corrected chi connectivity index (χ0v) is 23.0. The topological polar surface area (TPSA) is 70.1 Å². The molecule has 0 atom stereocenters. The predicted molar refractivity (Wildman–Crippen MR) is 148 cm³/mol. The first kappa shape index (κ1) is 28.7. The fourth-order valence-corrected chi connectivity index (χ4v) is 4.62. The Labute approximate surface area is 218 Å². The van der Waals surface area contributed by atoms with Crippen LogP contribution in [0.1, 0.15) is 72.1 Å². The molecular weight excluding hydrogens is 508 g/mol. The van der Waals surface area contributed by atoms with Crippen molar-refractivity contribution >= 4 is 39.9 Å². The summed E-state index contributed by atoms with van der Waals surface area (Å²) in [6.45, 7) is 0. The van der Waals surface area contributed by atoms with Gasteiger partial charge in [-0.3, -0.25) is 9.59 Å². The average molecular weight is 548 g/mol. The molecule has 2 aliphatic rings. The van der Waals surface area contributed by atoms with E-state index in [2.05, 4.69) is 15.9 Å². The molecule has 0 heterocycles. The Morgan fingerprint density at radius 2 is 1.29 bits per heavy atom. The molecule has 2 aromatic carbocycles. The lowest BCUT2D eigenvalue weighted by Gasteiger charge is -2.18. The van der Waals surface area contributed by atoms with Crippen LogP contribution in [-0.2, 0) is 0 Å². The van der Waals surface area contributed by atoms with Crippen molar-refractivity contribution in [3.05, 3.63) is 47.5 Å². The van der Waals surface area contributed by atoms with Gasteiger partial charge in [-0.05, 0) is 62.8 Å². The van der Waals surface area contributed by atoms with Crippen LogP contribution >= 0.6 is 15.9 Å². The Kier molecular flexibility index (Phi) is 12.1. The molecule has 0 bridgehead atoms. The molecule has 2 aromatic rings. The summed E-state index contributed by atoms with van der Waals surface area (Å²) in [5, 5.41) is 9.28. The van der Waals surface area contributed by atoms with Gasteiger partial charge in [-0.1, -0.05) is 28.8 Å². The smallest absolute Gasteiger partial charge is 0.153 e. The van der Waals surface area contributed by atoms with Crippen LogP contribution < -0.4 is 14.5 Å². The average Bonchev–Trinajstić information content (AvgIpc) is 3.53. The summed E-state index contributed by atoms with van der Waals surface area (Å²) in [5.74, 6) is 0.745. The van der Waals surface area contributed by atoms with Crippen molar-refractivity contribution in [2.45, 2.75) is 62.3 Å². The molecule has 1 N–H and O–H groups in total. The minimum Gasteiger partial charge on any atom is -0.507 e. The van der Waals surface area contributed by atoms with Crippen molar-refractivity contribution in [3.8, 4) is 11.5 Å². The summed E-state index contributed by atoms with van der Waals surface area (Å²) < 4.78 is 5.93. The Morgan fingerprint density at radius 1 is 0.800 bits per heavy atom. The Bertz CT molecular complexity index is 937. The highest BCUT2D eigenvalue weighted by Gasteiger charge is 2.18. The van der Waals surface area contributed by atoms with Gasteiger partial charge in [0.1, 0.15) is 11.5 Å².